The van der Waals surface area contributed by atoms with E-state index in [-0.39, 0.29) is 12.1 Å². The number of amides is 2. The van der Waals surface area contributed by atoms with Crippen LogP contribution in [-0.2, 0) is 12.8 Å². The van der Waals surface area contributed by atoms with Crippen molar-refractivity contribution >= 4 is 11.8 Å². The second kappa shape index (κ2) is 5.28. The molecule has 0 bridgehead atoms. The molecule has 0 spiro atoms. The minimum atomic E-state index is -0.435. The van der Waals surface area contributed by atoms with Crippen molar-refractivity contribution in [1.29, 1.82) is 0 Å². The van der Waals surface area contributed by atoms with Gasteiger partial charge >= 0.3 is 6.03 Å². The van der Waals surface area contributed by atoms with Gasteiger partial charge in [-0.25, -0.2) is 14.2 Å². The Hall–Kier alpha value is -2.44. The number of aromatic amines is 1. The molecular weight excluding hydrogens is 261 g/mol. The minimum absolute atomic E-state index is 0.0700. The number of halogens is 1. The van der Waals surface area contributed by atoms with Crippen LogP contribution in [0.25, 0.3) is 0 Å². The fourth-order valence-corrected chi connectivity index (χ4v) is 2.33. The van der Waals surface area contributed by atoms with Crippen LogP contribution in [0.1, 0.15) is 17.7 Å². The number of nitrogens with one attached hydrogen (secondary N) is 3. The summed E-state index contributed by atoms with van der Waals surface area (Å²) in [6.45, 7) is 0. The Morgan fingerprint density at radius 3 is 3.10 bits per heavy atom. The SMILES string of the molecule is O=C(Nc1ccc(F)cn1)N[C@@H]1CCc2[nH]ncc2C1. The molecule has 1 aliphatic carbocycles. The molecule has 3 rings (SSSR count). The van der Waals surface area contributed by atoms with Crippen molar-refractivity contribution in [2.45, 2.75) is 25.3 Å². The van der Waals surface area contributed by atoms with Gasteiger partial charge in [-0.05, 0) is 37.0 Å². The van der Waals surface area contributed by atoms with E-state index in [0.717, 1.165) is 36.7 Å². The van der Waals surface area contributed by atoms with E-state index in [1.807, 2.05) is 0 Å². The van der Waals surface area contributed by atoms with Gasteiger partial charge in [0, 0.05) is 11.7 Å². The molecular formula is C13H14FN5O. The van der Waals surface area contributed by atoms with Crippen LogP contribution in [0, 0.1) is 5.82 Å². The van der Waals surface area contributed by atoms with Crippen molar-refractivity contribution in [2.75, 3.05) is 5.32 Å². The Balaban J connectivity index is 1.56. The van der Waals surface area contributed by atoms with Crippen LogP contribution in [0.15, 0.2) is 24.5 Å². The molecule has 0 saturated carbocycles. The summed E-state index contributed by atoms with van der Waals surface area (Å²) in [7, 11) is 0. The molecule has 3 N–H and O–H groups in total. The normalized spacial score (nSPS) is 17.4. The number of hydrogen-bond acceptors (Lipinski definition) is 3. The molecule has 7 heteroatoms. The Morgan fingerprint density at radius 2 is 2.30 bits per heavy atom. The first kappa shape index (κ1) is 12.6. The molecule has 2 aromatic heterocycles. The first-order valence-corrected chi connectivity index (χ1v) is 6.41. The summed E-state index contributed by atoms with van der Waals surface area (Å²) in [5.41, 5.74) is 2.28. The van der Waals surface area contributed by atoms with Crippen LogP contribution in [0.3, 0.4) is 0 Å². The van der Waals surface area contributed by atoms with Gasteiger partial charge < -0.3 is 5.32 Å². The van der Waals surface area contributed by atoms with Gasteiger partial charge in [-0.2, -0.15) is 5.10 Å². The van der Waals surface area contributed by atoms with Crippen molar-refractivity contribution < 1.29 is 9.18 Å². The topological polar surface area (TPSA) is 82.7 Å². The molecule has 0 saturated heterocycles. The van der Waals surface area contributed by atoms with Crippen molar-refractivity contribution in [3.8, 4) is 0 Å². The van der Waals surface area contributed by atoms with Gasteiger partial charge in [0.15, 0.2) is 0 Å². The number of hydrogen-bond donors (Lipinski definition) is 3. The second-order valence-corrected chi connectivity index (χ2v) is 4.77. The molecule has 0 aromatic carbocycles. The summed E-state index contributed by atoms with van der Waals surface area (Å²) in [6, 6.07) is 2.41. The van der Waals surface area contributed by atoms with E-state index in [1.54, 1.807) is 6.20 Å². The van der Waals surface area contributed by atoms with Crippen LogP contribution in [-0.4, -0.2) is 27.3 Å². The molecule has 104 valence electrons. The summed E-state index contributed by atoms with van der Waals surface area (Å²) in [5.74, 6) is -0.112. The highest BCUT2D eigenvalue weighted by molar-refractivity contribution is 5.88. The van der Waals surface area contributed by atoms with Crippen molar-refractivity contribution in [3.63, 3.8) is 0 Å². The number of aromatic nitrogens is 3. The number of pyridine rings is 1. The fourth-order valence-electron chi connectivity index (χ4n) is 2.33. The predicted octanol–water partition coefficient (Wildman–Crippen LogP) is 1.62. The number of nitrogens with zero attached hydrogens (tertiary/aromatic N) is 2. The molecule has 0 fully saturated rings. The van der Waals surface area contributed by atoms with E-state index in [4.69, 9.17) is 0 Å². The molecule has 20 heavy (non-hydrogen) atoms. The van der Waals surface area contributed by atoms with Gasteiger partial charge in [0.25, 0.3) is 0 Å². The molecule has 0 unspecified atom stereocenters. The minimum Gasteiger partial charge on any atom is -0.335 e. The lowest BCUT2D eigenvalue weighted by Crippen LogP contribution is -2.41. The predicted molar refractivity (Wildman–Crippen MR) is 70.8 cm³/mol. The Morgan fingerprint density at radius 1 is 1.40 bits per heavy atom. The highest BCUT2D eigenvalue weighted by atomic mass is 19.1. The molecule has 0 radical (unpaired) electrons. The molecule has 6 nitrogen and oxygen atoms in total. The molecule has 1 atom stereocenters. The van der Waals surface area contributed by atoms with Crippen LogP contribution in [0.4, 0.5) is 15.0 Å². The Labute approximate surface area is 114 Å². The molecule has 0 aliphatic heterocycles. The number of urea groups is 1. The maximum absolute atomic E-state index is 12.7. The number of fused-ring (bicyclic) bond motifs is 1. The third-order valence-corrected chi connectivity index (χ3v) is 3.32. The van der Waals surface area contributed by atoms with Gasteiger partial charge in [-0.3, -0.25) is 10.4 Å². The maximum atomic E-state index is 12.7. The first-order chi connectivity index (χ1) is 9.70. The summed E-state index contributed by atoms with van der Waals surface area (Å²) in [4.78, 5) is 15.6. The van der Waals surface area contributed by atoms with E-state index in [0.29, 0.717) is 5.82 Å². The van der Waals surface area contributed by atoms with Gasteiger partial charge in [0.2, 0.25) is 0 Å². The Bertz CT molecular complexity index is 609. The van der Waals surface area contributed by atoms with Crippen LogP contribution in [0.5, 0.6) is 0 Å². The van der Waals surface area contributed by atoms with Crippen LogP contribution < -0.4 is 10.6 Å². The maximum Gasteiger partial charge on any atom is 0.320 e. The number of carbonyl (C=O) groups excluding carboxylic acids is 1. The lowest BCUT2D eigenvalue weighted by Gasteiger charge is -2.22. The lowest BCUT2D eigenvalue weighted by atomic mass is 9.94. The number of anilines is 1. The largest absolute Gasteiger partial charge is 0.335 e. The zero-order valence-corrected chi connectivity index (χ0v) is 10.7. The first-order valence-electron chi connectivity index (χ1n) is 6.41. The van der Waals surface area contributed by atoms with E-state index < -0.39 is 5.82 Å². The molecule has 1 aliphatic rings. The van der Waals surface area contributed by atoms with E-state index >= 15 is 0 Å². The van der Waals surface area contributed by atoms with Crippen LogP contribution >= 0.6 is 0 Å². The average molecular weight is 275 g/mol. The Kier molecular flexibility index (Phi) is 3.32. The average Bonchev–Trinajstić information content (AvgIpc) is 2.89. The molecule has 2 amide bonds. The fraction of sp³-hybridized carbons (Fsp3) is 0.308. The summed E-state index contributed by atoms with van der Waals surface area (Å²) >= 11 is 0. The number of rotatable bonds is 2. The third-order valence-electron chi connectivity index (χ3n) is 3.32. The smallest absolute Gasteiger partial charge is 0.320 e. The number of carbonyl (C=O) groups is 1. The highest BCUT2D eigenvalue weighted by Gasteiger charge is 2.21. The number of H-pyrrole nitrogens is 1. The highest BCUT2D eigenvalue weighted by Crippen LogP contribution is 2.18. The van der Waals surface area contributed by atoms with Crippen LogP contribution in [0.2, 0.25) is 0 Å². The van der Waals surface area contributed by atoms with Gasteiger partial charge in [-0.15, -0.1) is 0 Å². The zero-order chi connectivity index (χ0) is 13.9. The van der Waals surface area contributed by atoms with Crippen molar-refractivity contribution in [3.05, 3.63) is 41.6 Å². The van der Waals surface area contributed by atoms with Gasteiger partial charge in [0.05, 0.1) is 12.4 Å². The second-order valence-electron chi connectivity index (χ2n) is 4.77. The molecule has 2 heterocycles. The summed E-state index contributed by atoms with van der Waals surface area (Å²) in [6.07, 6.45) is 5.35. The quantitative estimate of drug-likeness (QED) is 0.779. The summed E-state index contributed by atoms with van der Waals surface area (Å²) < 4.78 is 12.7. The monoisotopic (exact) mass is 275 g/mol. The van der Waals surface area contributed by atoms with Crippen molar-refractivity contribution in [1.82, 2.24) is 20.5 Å². The summed E-state index contributed by atoms with van der Waals surface area (Å²) in [5, 5.41) is 12.4. The number of aryl methyl sites for hydroxylation is 1. The van der Waals surface area contributed by atoms with Gasteiger partial charge in [0.1, 0.15) is 11.6 Å². The van der Waals surface area contributed by atoms with E-state index in [1.165, 1.54) is 12.1 Å². The standard InChI is InChI=1S/C13H14FN5O/c14-9-1-4-12(15-7-9)18-13(20)17-10-2-3-11-8(5-10)6-16-19-11/h1,4,6-7,10H,2-3,5H2,(H,16,19)(H2,15,17,18,20)/t10-/m1/s1. The van der Waals surface area contributed by atoms with Gasteiger partial charge in [-0.1, -0.05) is 0 Å². The van der Waals surface area contributed by atoms with E-state index in [2.05, 4.69) is 25.8 Å². The zero-order valence-electron chi connectivity index (χ0n) is 10.7. The van der Waals surface area contributed by atoms with E-state index in [9.17, 15) is 9.18 Å². The lowest BCUT2D eigenvalue weighted by molar-refractivity contribution is 0.247. The molecule has 2 aromatic rings. The third kappa shape index (κ3) is 2.76. The van der Waals surface area contributed by atoms with Crippen molar-refractivity contribution in [2.24, 2.45) is 0 Å².